The van der Waals surface area contributed by atoms with E-state index in [0.717, 1.165) is 0 Å². The molecule has 0 heterocycles. The Kier molecular flexibility index (Phi) is 6.00. The summed E-state index contributed by atoms with van der Waals surface area (Å²) in [7, 11) is 0. The van der Waals surface area contributed by atoms with E-state index >= 15 is 0 Å². The Hall–Kier alpha value is -1.04. The van der Waals surface area contributed by atoms with Crippen molar-refractivity contribution in [3.8, 4) is 0 Å². The van der Waals surface area contributed by atoms with Crippen LogP contribution in [-0.4, -0.2) is 53.1 Å². The summed E-state index contributed by atoms with van der Waals surface area (Å²) in [4.78, 5) is 21.4. The third-order valence-corrected chi connectivity index (χ3v) is 1.57. The second-order valence-electron chi connectivity index (χ2n) is 2.70. The molecule has 6 heteroatoms. The molecule has 75 valence electrons. The van der Waals surface area contributed by atoms with Gasteiger partial charge < -0.3 is 16.2 Å². The SMILES string of the molecule is Nc1ccc(C(=O)NCC(=O)O)cc1.[Na]. The van der Waals surface area contributed by atoms with Crippen molar-refractivity contribution in [2.24, 2.45) is 0 Å². The second kappa shape index (κ2) is 6.44. The number of anilines is 1. The predicted molar refractivity (Wildman–Crippen MR) is 56.6 cm³/mol. The van der Waals surface area contributed by atoms with Gasteiger partial charge >= 0.3 is 5.97 Å². The molecule has 1 rings (SSSR count). The molecule has 1 aromatic rings. The first-order chi connectivity index (χ1) is 6.59. The Morgan fingerprint density at radius 2 is 1.80 bits per heavy atom. The summed E-state index contributed by atoms with van der Waals surface area (Å²) in [6.07, 6.45) is 0. The number of carbonyl (C=O) groups is 2. The molecule has 0 saturated carbocycles. The summed E-state index contributed by atoms with van der Waals surface area (Å²) in [6, 6.07) is 6.23. The van der Waals surface area contributed by atoms with Gasteiger partial charge in [0.25, 0.3) is 5.91 Å². The van der Waals surface area contributed by atoms with Crippen molar-refractivity contribution in [2.45, 2.75) is 0 Å². The van der Waals surface area contributed by atoms with E-state index in [1.165, 1.54) is 12.1 Å². The van der Waals surface area contributed by atoms with Gasteiger partial charge in [0.15, 0.2) is 0 Å². The molecule has 1 aromatic carbocycles. The summed E-state index contributed by atoms with van der Waals surface area (Å²) in [5.41, 5.74) is 6.37. The predicted octanol–water partition coefficient (Wildman–Crippen LogP) is -0.298. The number of carbonyl (C=O) groups excluding carboxylic acids is 1. The van der Waals surface area contributed by atoms with Crippen LogP contribution in [0.1, 0.15) is 10.4 Å². The quantitative estimate of drug-likeness (QED) is 0.479. The van der Waals surface area contributed by atoms with E-state index in [4.69, 9.17) is 10.8 Å². The van der Waals surface area contributed by atoms with E-state index in [9.17, 15) is 9.59 Å². The van der Waals surface area contributed by atoms with Crippen molar-refractivity contribution in [2.75, 3.05) is 12.3 Å². The minimum absolute atomic E-state index is 0. The normalized spacial score (nSPS) is 8.80. The molecule has 15 heavy (non-hydrogen) atoms. The van der Waals surface area contributed by atoms with Crippen LogP contribution in [0.25, 0.3) is 0 Å². The van der Waals surface area contributed by atoms with Crippen molar-refractivity contribution >= 4 is 47.1 Å². The molecule has 0 saturated heterocycles. The number of amides is 1. The standard InChI is InChI=1S/C9H10N2O3.Na/c10-7-3-1-6(2-4-7)9(14)11-5-8(12)13;/h1-4H,5,10H2,(H,11,14)(H,12,13);. The van der Waals surface area contributed by atoms with Gasteiger partial charge in [-0.2, -0.15) is 0 Å². The van der Waals surface area contributed by atoms with E-state index < -0.39 is 11.9 Å². The first-order valence-electron chi connectivity index (χ1n) is 3.95. The molecule has 0 aliphatic carbocycles. The summed E-state index contributed by atoms with van der Waals surface area (Å²) in [5, 5.41) is 10.6. The van der Waals surface area contributed by atoms with Gasteiger partial charge in [-0.1, -0.05) is 0 Å². The van der Waals surface area contributed by atoms with Crippen LogP contribution in [0.2, 0.25) is 0 Å². The molecule has 0 aromatic heterocycles. The minimum Gasteiger partial charge on any atom is -0.480 e. The zero-order chi connectivity index (χ0) is 10.6. The Morgan fingerprint density at radius 1 is 1.27 bits per heavy atom. The number of hydrogen-bond acceptors (Lipinski definition) is 3. The molecule has 4 N–H and O–H groups in total. The Labute approximate surface area is 109 Å². The minimum atomic E-state index is -1.08. The van der Waals surface area contributed by atoms with E-state index in [1.807, 2.05) is 0 Å². The number of carboxylic acid groups (broad SMARTS) is 1. The van der Waals surface area contributed by atoms with Gasteiger partial charge in [0.05, 0.1) is 0 Å². The van der Waals surface area contributed by atoms with E-state index in [0.29, 0.717) is 11.3 Å². The molecule has 0 spiro atoms. The van der Waals surface area contributed by atoms with Crippen LogP contribution in [-0.2, 0) is 4.79 Å². The molecule has 0 atom stereocenters. The molecular weight excluding hydrogens is 207 g/mol. The Bertz CT molecular complexity index is 351. The third-order valence-electron chi connectivity index (χ3n) is 1.57. The first kappa shape index (κ1) is 14.0. The summed E-state index contributed by atoms with van der Waals surface area (Å²) in [5.74, 6) is -1.50. The topological polar surface area (TPSA) is 92.4 Å². The smallest absolute Gasteiger partial charge is 0.322 e. The van der Waals surface area contributed by atoms with Crippen LogP contribution in [0.4, 0.5) is 5.69 Å². The van der Waals surface area contributed by atoms with Crippen molar-refractivity contribution < 1.29 is 14.7 Å². The maximum absolute atomic E-state index is 11.2. The van der Waals surface area contributed by atoms with Gasteiger partial charge in [0.2, 0.25) is 0 Å². The Balaban J connectivity index is 0.00000196. The largest absolute Gasteiger partial charge is 0.480 e. The van der Waals surface area contributed by atoms with Gasteiger partial charge in [0.1, 0.15) is 6.54 Å². The summed E-state index contributed by atoms with van der Waals surface area (Å²) >= 11 is 0. The number of aliphatic carboxylic acids is 1. The molecular formula is C9H10N2NaO3. The van der Waals surface area contributed by atoms with Crippen LogP contribution in [0.5, 0.6) is 0 Å². The van der Waals surface area contributed by atoms with Gasteiger partial charge in [-0.05, 0) is 24.3 Å². The number of hydrogen-bond donors (Lipinski definition) is 3. The fourth-order valence-electron chi connectivity index (χ4n) is 0.892. The van der Waals surface area contributed by atoms with Crippen molar-refractivity contribution in [1.82, 2.24) is 5.32 Å². The van der Waals surface area contributed by atoms with Crippen LogP contribution in [0, 0.1) is 0 Å². The van der Waals surface area contributed by atoms with E-state index in [1.54, 1.807) is 12.1 Å². The maximum Gasteiger partial charge on any atom is 0.322 e. The zero-order valence-corrected chi connectivity index (χ0v) is 10.4. The van der Waals surface area contributed by atoms with Crippen molar-refractivity contribution in [3.05, 3.63) is 29.8 Å². The van der Waals surface area contributed by atoms with Crippen LogP contribution in [0.3, 0.4) is 0 Å². The summed E-state index contributed by atoms with van der Waals surface area (Å²) < 4.78 is 0. The number of benzene rings is 1. The number of carboxylic acids is 1. The molecule has 0 fully saturated rings. The van der Waals surface area contributed by atoms with Crippen LogP contribution < -0.4 is 11.1 Å². The average Bonchev–Trinajstić information content (AvgIpc) is 2.15. The fourth-order valence-corrected chi connectivity index (χ4v) is 0.892. The van der Waals surface area contributed by atoms with E-state index in [-0.39, 0.29) is 36.1 Å². The fraction of sp³-hybridized carbons (Fsp3) is 0.111. The number of nitrogens with two attached hydrogens (primary N) is 1. The van der Waals surface area contributed by atoms with Gasteiger partial charge in [0, 0.05) is 40.8 Å². The molecule has 1 radical (unpaired) electrons. The molecule has 0 unspecified atom stereocenters. The van der Waals surface area contributed by atoms with Crippen molar-refractivity contribution in [3.63, 3.8) is 0 Å². The average molecular weight is 217 g/mol. The van der Waals surface area contributed by atoms with Gasteiger partial charge in [-0.15, -0.1) is 0 Å². The molecule has 0 bridgehead atoms. The molecule has 0 aliphatic heterocycles. The van der Waals surface area contributed by atoms with Crippen molar-refractivity contribution in [1.29, 1.82) is 0 Å². The zero-order valence-electron chi connectivity index (χ0n) is 8.36. The molecule has 5 nitrogen and oxygen atoms in total. The first-order valence-corrected chi connectivity index (χ1v) is 3.95. The molecule has 1 amide bonds. The third kappa shape index (κ3) is 4.83. The van der Waals surface area contributed by atoms with E-state index in [2.05, 4.69) is 5.32 Å². The monoisotopic (exact) mass is 217 g/mol. The number of nitrogen functional groups attached to an aromatic ring is 1. The number of rotatable bonds is 3. The maximum atomic E-state index is 11.2. The Morgan fingerprint density at radius 3 is 2.27 bits per heavy atom. The van der Waals surface area contributed by atoms with Crippen LogP contribution in [0.15, 0.2) is 24.3 Å². The number of nitrogens with one attached hydrogen (secondary N) is 1. The molecule has 0 aliphatic rings. The van der Waals surface area contributed by atoms with Crippen LogP contribution >= 0.6 is 0 Å². The van der Waals surface area contributed by atoms with Gasteiger partial charge in [-0.3, -0.25) is 9.59 Å². The second-order valence-corrected chi connectivity index (χ2v) is 2.70. The van der Waals surface area contributed by atoms with Gasteiger partial charge in [-0.25, -0.2) is 0 Å². The summed E-state index contributed by atoms with van der Waals surface area (Å²) in [6.45, 7) is -0.386.